The van der Waals surface area contributed by atoms with Crippen molar-refractivity contribution in [2.45, 2.75) is 0 Å². The second kappa shape index (κ2) is 11.1. The van der Waals surface area contributed by atoms with Crippen LogP contribution < -0.4 is 0 Å². The molecule has 246 valence electrons. The first-order valence-electron chi connectivity index (χ1n) is 17.8. The van der Waals surface area contributed by atoms with Gasteiger partial charge < -0.3 is 4.57 Å². The molecule has 0 unspecified atom stereocenters. The second-order valence-electron chi connectivity index (χ2n) is 13.7. The largest absolute Gasteiger partial charge is 0.308 e. The Kier molecular flexibility index (Phi) is 6.09. The monoisotopic (exact) mass is 709 g/mol. The Bertz CT molecular complexity index is 3460. The van der Waals surface area contributed by atoms with Crippen LogP contribution in [0.5, 0.6) is 0 Å². The number of hydrogen-bond donors (Lipinski definition) is 0. The maximum Gasteiger partial charge on any atom is 0.160 e. The van der Waals surface area contributed by atoms with Crippen LogP contribution in [0.1, 0.15) is 0 Å². The summed E-state index contributed by atoms with van der Waals surface area (Å²) in [7, 11) is 0. The molecule has 0 spiro atoms. The lowest BCUT2D eigenvalue weighted by molar-refractivity contribution is 1.19. The summed E-state index contributed by atoms with van der Waals surface area (Å²) in [6.07, 6.45) is 0. The van der Waals surface area contributed by atoms with Crippen LogP contribution in [-0.4, -0.2) is 14.5 Å². The van der Waals surface area contributed by atoms with Crippen LogP contribution >= 0.6 is 22.7 Å². The lowest BCUT2D eigenvalue weighted by atomic mass is 9.99. The Balaban J connectivity index is 1.11. The van der Waals surface area contributed by atoms with Gasteiger partial charge in [-0.1, -0.05) is 127 Å². The molecule has 53 heavy (non-hydrogen) atoms. The minimum Gasteiger partial charge on any atom is -0.308 e. The summed E-state index contributed by atoms with van der Waals surface area (Å²) in [6.45, 7) is 0. The van der Waals surface area contributed by atoms with Crippen molar-refractivity contribution in [3.8, 4) is 28.3 Å². The molecule has 0 amide bonds. The summed E-state index contributed by atoms with van der Waals surface area (Å²) in [4.78, 5) is 10.6. The van der Waals surface area contributed by atoms with Crippen LogP contribution in [0, 0.1) is 0 Å². The molecule has 0 radical (unpaired) electrons. The van der Waals surface area contributed by atoms with Crippen LogP contribution in [0.2, 0.25) is 0 Å². The number of benzene rings is 8. The van der Waals surface area contributed by atoms with Crippen LogP contribution in [0.15, 0.2) is 164 Å². The highest BCUT2D eigenvalue weighted by Gasteiger charge is 2.22. The van der Waals surface area contributed by atoms with Crippen LogP contribution in [0.25, 0.3) is 112 Å². The van der Waals surface area contributed by atoms with E-state index >= 15 is 0 Å². The van der Waals surface area contributed by atoms with E-state index in [1.165, 1.54) is 73.6 Å². The van der Waals surface area contributed by atoms with Gasteiger partial charge in [0.2, 0.25) is 0 Å². The van der Waals surface area contributed by atoms with Crippen molar-refractivity contribution in [3.05, 3.63) is 164 Å². The number of para-hydroxylation sites is 1. The highest BCUT2D eigenvalue weighted by molar-refractivity contribution is 7.27. The third kappa shape index (κ3) is 4.20. The minimum atomic E-state index is 0.743. The van der Waals surface area contributed by atoms with E-state index in [-0.39, 0.29) is 0 Å². The number of thiophene rings is 2. The zero-order chi connectivity index (χ0) is 34.6. The van der Waals surface area contributed by atoms with E-state index in [9.17, 15) is 0 Å². The second-order valence-corrected chi connectivity index (χ2v) is 15.8. The first kappa shape index (κ1) is 29.2. The molecule has 12 aromatic rings. The van der Waals surface area contributed by atoms with Gasteiger partial charge in [-0.3, -0.25) is 0 Å². The topological polar surface area (TPSA) is 30.7 Å². The standard InChI is InChI=1S/C48H27N3S2/c1-2-12-30-27-31(22-21-28(30)11-1)48-49-43(47-44(50-48)37-17-7-10-20-40(37)53-47)29-23-25-32(26-24-29)51-38-18-8-5-15-35(38)41-33-13-3-4-14-34(33)42-36-16-6-9-19-39(36)52-46(42)45(41)51/h1-27H. The average molecular weight is 710 g/mol. The van der Waals surface area contributed by atoms with Crippen molar-refractivity contribution in [2.75, 3.05) is 0 Å². The van der Waals surface area contributed by atoms with Crippen molar-refractivity contribution in [1.29, 1.82) is 0 Å². The zero-order valence-corrected chi connectivity index (χ0v) is 29.9. The molecular formula is C48H27N3S2. The van der Waals surface area contributed by atoms with E-state index in [1.807, 2.05) is 11.3 Å². The average Bonchev–Trinajstić information content (AvgIpc) is 3.91. The fourth-order valence-electron chi connectivity index (χ4n) is 8.41. The quantitative estimate of drug-likeness (QED) is 0.183. The molecule has 0 fully saturated rings. The lowest BCUT2D eigenvalue weighted by Gasteiger charge is -2.12. The van der Waals surface area contributed by atoms with Gasteiger partial charge in [0.15, 0.2) is 5.82 Å². The molecule has 0 saturated carbocycles. The smallest absolute Gasteiger partial charge is 0.160 e. The van der Waals surface area contributed by atoms with Crippen molar-refractivity contribution < 1.29 is 0 Å². The van der Waals surface area contributed by atoms with E-state index in [4.69, 9.17) is 9.97 Å². The number of hydrogen-bond acceptors (Lipinski definition) is 4. The Morgan fingerprint density at radius 3 is 1.85 bits per heavy atom. The number of aromatic nitrogens is 3. The first-order chi connectivity index (χ1) is 26.3. The van der Waals surface area contributed by atoms with Crippen molar-refractivity contribution in [1.82, 2.24) is 14.5 Å². The summed E-state index contributed by atoms with van der Waals surface area (Å²) in [6, 6.07) is 59.2. The third-order valence-corrected chi connectivity index (χ3v) is 13.1. The number of fused-ring (bicyclic) bond motifs is 14. The molecule has 12 rings (SSSR count). The van der Waals surface area contributed by atoms with Crippen LogP contribution in [-0.2, 0) is 0 Å². The Morgan fingerprint density at radius 1 is 0.434 bits per heavy atom. The van der Waals surface area contributed by atoms with Gasteiger partial charge in [-0.25, -0.2) is 9.97 Å². The Morgan fingerprint density at radius 2 is 1.04 bits per heavy atom. The van der Waals surface area contributed by atoms with Crippen molar-refractivity contribution in [2.24, 2.45) is 0 Å². The molecule has 0 atom stereocenters. The van der Waals surface area contributed by atoms with Gasteiger partial charge in [-0.05, 0) is 57.9 Å². The summed E-state index contributed by atoms with van der Waals surface area (Å²) in [5, 5.41) is 11.4. The highest BCUT2D eigenvalue weighted by Crippen LogP contribution is 2.48. The third-order valence-electron chi connectivity index (χ3n) is 10.8. The van der Waals surface area contributed by atoms with E-state index in [1.54, 1.807) is 11.3 Å². The molecule has 0 aliphatic heterocycles. The summed E-state index contributed by atoms with van der Waals surface area (Å²) in [5.74, 6) is 0.743. The first-order valence-corrected chi connectivity index (χ1v) is 19.5. The predicted molar refractivity (Wildman–Crippen MR) is 228 cm³/mol. The van der Waals surface area contributed by atoms with E-state index < -0.39 is 0 Å². The van der Waals surface area contributed by atoms with Gasteiger partial charge >= 0.3 is 0 Å². The van der Waals surface area contributed by atoms with Crippen molar-refractivity contribution in [3.63, 3.8) is 0 Å². The molecule has 5 heteroatoms. The number of nitrogens with zero attached hydrogens (tertiary/aromatic N) is 3. The zero-order valence-electron chi connectivity index (χ0n) is 28.2. The molecule has 8 aromatic carbocycles. The highest BCUT2D eigenvalue weighted by atomic mass is 32.1. The fourth-order valence-corrected chi connectivity index (χ4v) is 10.8. The normalized spacial score (nSPS) is 12.2. The molecule has 0 N–H and O–H groups in total. The summed E-state index contributed by atoms with van der Waals surface area (Å²) < 4.78 is 7.44. The van der Waals surface area contributed by atoms with Gasteiger partial charge in [0, 0.05) is 53.1 Å². The molecule has 0 aliphatic rings. The lowest BCUT2D eigenvalue weighted by Crippen LogP contribution is -1.96. The van der Waals surface area contributed by atoms with E-state index in [0.717, 1.165) is 38.5 Å². The Labute approximate surface area is 311 Å². The van der Waals surface area contributed by atoms with Gasteiger partial charge in [0.05, 0.1) is 31.6 Å². The summed E-state index contributed by atoms with van der Waals surface area (Å²) in [5.41, 5.74) is 7.66. The Hall–Kier alpha value is -6.40. The van der Waals surface area contributed by atoms with Crippen molar-refractivity contribution >= 4 is 106 Å². The maximum absolute atomic E-state index is 5.33. The van der Waals surface area contributed by atoms with E-state index in [0.29, 0.717) is 0 Å². The number of rotatable bonds is 3. The molecule has 0 aliphatic carbocycles. The fraction of sp³-hybridized carbons (Fsp3) is 0. The molecule has 3 nitrogen and oxygen atoms in total. The molecule has 4 aromatic heterocycles. The maximum atomic E-state index is 5.33. The summed E-state index contributed by atoms with van der Waals surface area (Å²) >= 11 is 3.67. The van der Waals surface area contributed by atoms with Crippen LogP contribution in [0.3, 0.4) is 0 Å². The minimum absolute atomic E-state index is 0.743. The molecule has 0 bridgehead atoms. The molecule has 0 saturated heterocycles. The van der Waals surface area contributed by atoms with Gasteiger partial charge in [0.1, 0.15) is 0 Å². The SMILES string of the molecule is c1ccc2cc(-c3nc(-c4ccc(-n5c6ccccc6c6c7ccccc7c7c8ccccc8sc7c65)cc4)c4sc5ccccc5c4n3)ccc2c1. The van der Waals surface area contributed by atoms with Gasteiger partial charge in [-0.15, -0.1) is 22.7 Å². The van der Waals surface area contributed by atoms with Gasteiger partial charge in [-0.2, -0.15) is 0 Å². The molecule has 4 heterocycles. The predicted octanol–water partition coefficient (Wildman–Crippen LogP) is 13.9. The molecular weight excluding hydrogens is 683 g/mol. The van der Waals surface area contributed by atoms with Crippen LogP contribution in [0.4, 0.5) is 0 Å². The van der Waals surface area contributed by atoms with Gasteiger partial charge in [0.25, 0.3) is 0 Å². The van der Waals surface area contributed by atoms with E-state index in [2.05, 4.69) is 168 Å².